The summed E-state index contributed by atoms with van der Waals surface area (Å²) in [4.78, 5) is 29.3. The zero-order valence-electron chi connectivity index (χ0n) is 14.6. The van der Waals surface area contributed by atoms with Crippen LogP contribution in [0.25, 0.3) is 11.0 Å². The monoisotopic (exact) mass is 336 g/mol. The minimum atomic E-state index is -0.604. The second kappa shape index (κ2) is 6.89. The molecule has 2 aromatic heterocycles. The van der Waals surface area contributed by atoms with Gasteiger partial charge in [-0.05, 0) is 38.5 Å². The van der Waals surface area contributed by atoms with Gasteiger partial charge in [-0.25, -0.2) is 9.78 Å². The van der Waals surface area contributed by atoms with Crippen LogP contribution in [0.1, 0.15) is 34.1 Å². The summed E-state index contributed by atoms with van der Waals surface area (Å²) >= 11 is 0. The Labute approximate surface area is 145 Å². The Morgan fingerprint density at radius 3 is 2.52 bits per heavy atom. The van der Waals surface area contributed by atoms with Crippen LogP contribution in [0, 0.1) is 13.8 Å². The molecule has 0 unspecified atom stereocenters. The second-order valence-electron chi connectivity index (χ2n) is 6.03. The summed E-state index contributed by atoms with van der Waals surface area (Å²) in [5.74, 6) is -0.604. The quantitative estimate of drug-likeness (QED) is 0.686. The summed E-state index contributed by atoms with van der Waals surface area (Å²) < 4.78 is 6.86. The van der Waals surface area contributed by atoms with E-state index < -0.39 is 5.97 Å². The van der Waals surface area contributed by atoms with Crippen LogP contribution in [-0.2, 0) is 11.3 Å². The lowest BCUT2D eigenvalue weighted by molar-refractivity contribution is 0.0524. The number of carbonyl (C=O) groups excluding carboxylic acids is 1. The number of carbonyl (C=O) groups is 1. The third-order valence-corrected chi connectivity index (χ3v) is 4.03. The van der Waals surface area contributed by atoms with E-state index >= 15 is 0 Å². The molecule has 0 aliphatic carbocycles. The van der Waals surface area contributed by atoms with Gasteiger partial charge < -0.3 is 9.30 Å². The molecule has 0 fully saturated rings. The molecule has 0 spiro atoms. The SMILES string of the molecule is CCOC(=O)c1cn(Cc2ccc(C)cc2)c2nc(C)ccc2c1=O. The highest BCUT2D eigenvalue weighted by molar-refractivity contribution is 5.93. The molecular formula is C20H20N2O3. The molecule has 0 amide bonds. The molecule has 0 N–H and O–H groups in total. The van der Waals surface area contributed by atoms with Crippen molar-refractivity contribution in [2.45, 2.75) is 27.3 Å². The average Bonchev–Trinajstić information content (AvgIpc) is 2.59. The number of aromatic nitrogens is 2. The van der Waals surface area contributed by atoms with Crippen LogP contribution in [0.15, 0.2) is 47.4 Å². The first-order valence-corrected chi connectivity index (χ1v) is 8.23. The van der Waals surface area contributed by atoms with E-state index in [2.05, 4.69) is 4.98 Å². The summed E-state index contributed by atoms with van der Waals surface area (Å²) in [6, 6.07) is 11.6. The maximum absolute atomic E-state index is 12.7. The number of esters is 1. The fourth-order valence-corrected chi connectivity index (χ4v) is 2.72. The number of pyridine rings is 2. The lowest BCUT2D eigenvalue weighted by Crippen LogP contribution is -2.22. The summed E-state index contributed by atoms with van der Waals surface area (Å²) in [6.45, 7) is 6.36. The van der Waals surface area contributed by atoms with E-state index in [1.807, 2.05) is 42.7 Å². The van der Waals surface area contributed by atoms with E-state index in [-0.39, 0.29) is 17.6 Å². The molecule has 128 valence electrons. The summed E-state index contributed by atoms with van der Waals surface area (Å²) in [5, 5.41) is 0.420. The molecule has 25 heavy (non-hydrogen) atoms. The smallest absolute Gasteiger partial charge is 0.343 e. The van der Waals surface area contributed by atoms with Gasteiger partial charge in [0.2, 0.25) is 5.43 Å². The second-order valence-corrected chi connectivity index (χ2v) is 6.03. The fraction of sp³-hybridized carbons (Fsp3) is 0.250. The molecule has 0 radical (unpaired) electrons. The summed E-state index contributed by atoms with van der Waals surface area (Å²) in [6.07, 6.45) is 1.55. The highest BCUT2D eigenvalue weighted by Crippen LogP contribution is 2.14. The first-order valence-electron chi connectivity index (χ1n) is 8.23. The molecule has 1 aromatic carbocycles. The van der Waals surface area contributed by atoms with Gasteiger partial charge in [0.15, 0.2) is 0 Å². The van der Waals surface area contributed by atoms with Gasteiger partial charge >= 0.3 is 5.97 Å². The largest absolute Gasteiger partial charge is 0.462 e. The Kier molecular flexibility index (Phi) is 4.65. The normalized spacial score (nSPS) is 10.8. The highest BCUT2D eigenvalue weighted by atomic mass is 16.5. The predicted octanol–water partition coefficient (Wildman–Crippen LogP) is 3.24. The van der Waals surface area contributed by atoms with Crippen molar-refractivity contribution in [3.8, 4) is 0 Å². The fourth-order valence-electron chi connectivity index (χ4n) is 2.72. The Morgan fingerprint density at radius 1 is 1.12 bits per heavy atom. The molecule has 5 nitrogen and oxygen atoms in total. The zero-order valence-corrected chi connectivity index (χ0v) is 14.6. The standard InChI is InChI=1S/C20H20N2O3/c1-4-25-20(24)17-12-22(11-15-8-5-13(2)6-9-15)19-16(18(17)23)10-7-14(3)21-19/h5-10,12H,4,11H2,1-3H3. The number of hydrogen-bond acceptors (Lipinski definition) is 4. The van der Waals surface area contributed by atoms with Crippen LogP contribution in [0.4, 0.5) is 0 Å². The van der Waals surface area contributed by atoms with Crippen molar-refractivity contribution in [1.29, 1.82) is 0 Å². The van der Waals surface area contributed by atoms with E-state index in [0.717, 1.165) is 11.3 Å². The van der Waals surface area contributed by atoms with Gasteiger partial charge in [-0.3, -0.25) is 4.79 Å². The average molecular weight is 336 g/mol. The summed E-state index contributed by atoms with van der Waals surface area (Å²) in [5.41, 5.74) is 3.31. The van der Waals surface area contributed by atoms with Crippen LogP contribution < -0.4 is 5.43 Å². The first kappa shape index (κ1) is 16.9. The van der Waals surface area contributed by atoms with Gasteiger partial charge in [-0.15, -0.1) is 0 Å². The Hall–Kier alpha value is -2.95. The van der Waals surface area contributed by atoms with Crippen molar-refractivity contribution in [2.75, 3.05) is 6.61 Å². The third-order valence-electron chi connectivity index (χ3n) is 4.03. The van der Waals surface area contributed by atoms with Crippen molar-refractivity contribution in [1.82, 2.24) is 9.55 Å². The minimum Gasteiger partial charge on any atom is -0.462 e. The molecular weight excluding hydrogens is 316 g/mol. The lowest BCUT2D eigenvalue weighted by atomic mass is 10.1. The number of nitrogens with zero attached hydrogens (tertiary/aromatic N) is 2. The van der Waals surface area contributed by atoms with Gasteiger partial charge in [0.1, 0.15) is 11.2 Å². The minimum absolute atomic E-state index is 0.0344. The van der Waals surface area contributed by atoms with Crippen molar-refractivity contribution >= 4 is 17.0 Å². The molecule has 0 bridgehead atoms. The molecule has 3 aromatic rings. The number of fused-ring (bicyclic) bond motifs is 1. The van der Waals surface area contributed by atoms with E-state index in [4.69, 9.17) is 4.74 Å². The zero-order chi connectivity index (χ0) is 18.0. The maximum Gasteiger partial charge on any atom is 0.343 e. The molecule has 0 saturated carbocycles. The predicted molar refractivity (Wildman–Crippen MR) is 97.0 cm³/mol. The maximum atomic E-state index is 12.7. The van der Waals surface area contributed by atoms with E-state index in [9.17, 15) is 9.59 Å². The molecule has 0 aliphatic heterocycles. The van der Waals surface area contributed by atoms with Crippen LogP contribution >= 0.6 is 0 Å². The topological polar surface area (TPSA) is 61.2 Å². The molecule has 2 heterocycles. The van der Waals surface area contributed by atoms with Gasteiger partial charge in [0, 0.05) is 18.4 Å². The van der Waals surface area contributed by atoms with Gasteiger partial charge in [0.05, 0.1) is 12.0 Å². The molecule has 0 atom stereocenters. The number of rotatable bonds is 4. The number of ether oxygens (including phenoxy) is 1. The Balaban J connectivity index is 2.19. The highest BCUT2D eigenvalue weighted by Gasteiger charge is 2.17. The molecule has 3 rings (SSSR count). The van der Waals surface area contributed by atoms with Crippen LogP contribution in [-0.4, -0.2) is 22.1 Å². The number of benzene rings is 1. The lowest BCUT2D eigenvalue weighted by Gasteiger charge is -2.13. The molecule has 0 saturated heterocycles. The van der Waals surface area contributed by atoms with Crippen molar-refractivity contribution in [3.05, 3.63) is 75.2 Å². The van der Waals surface area contributed by atoms with Crippen LogP contribution in [0.5, 0.6) is 0 Å². The van der Waals surface area contributed by atoms with Crippen LogP contribution in [0.3, 0.4) is 0 Å². The van der Waals surface area contributed by atoms with Gasteiger partial charge in [0.25, 0.3) is 0 Å². The van der Waals surface area contributed by atoms with Gasteiger partial charge in [-0.2, -0.15) is 0 Å². The Morgan fingerprint density at radius 2 is 1.84 bits per heavy atom. The van der Waals surface area contributed by atoms with Crippen molar-refractivity contribution in [2.24, 2.45) is 0 Å². The van der Waals surface area contributed by atoms with Gasteiger partial charge in [-0.1, -0.05) is 29.8 Å². The number of aryl methyl sites for hydroxylation is 2. The van der Waals surface area contributed by atoms with E-state index in [0.29, 0.717) is 17.6 Å². The molecule has 0 aliphatic rings. The van der Waals surface area contributed by atoms with Crippen molar-refractivity contribution in [3.63, 3.8) is 0 Å². The Bertz CT molecular complexity index is 988. The van der Waals surface area contributed by atoms with E-state index in [1.165, 1.54) is 5.56 Å². The van der Waals surface area contributed by atoms with Crippen molar-refractivity contribution < 1.29 is 9.53 Å². The third kappa shape index (κ3) is 3.45. The number of hydrogen-bond donors (Lipinski definition) is 0. The van der Waals surface area contributed by atoms with Crippen LogP contribution in [0.2, 0.25) is 0 Å². The first-order chi connectivity index (χ1) is 12.0. The van der Waals surface area contributed by atoms with E-state index in [1.54, 1.807) is 25.3 Å². The molecule has 5 heteroatoms. The summed E-state index contributed by atoms with van der Waals surface area (Å²) in [7, 11) is 0.